The summed E-state index contributed by atoms with van der Waals surface area (Å²) in [5.74, 6) is 0.0946. The number of carbonyl (C=O) groups excluding carboxylic acids is 3. The Hall–Kier alpha value is -1.89. The van der Waals surface area contributed by atoms with Crippen LogP contribution in [0.15, 0.2) is 17.5 Å². The van der Waals surface area contributed by atoms with Gasteiger partial charge in [0.15, 0.2) is 0 Å². The Bertz CT molecular complexity index is 614. The van der Waals surface area contributed by atoms with Crippen LogP contribution in [0.3, 0.4) is 0 Å². The summed E-state index contributed by atoms with van der Waals surface area (Å²) < 4.78 is 0. The first-order valence-electron chi connectivity index (χ1n) is 7.91. The van der Waals surface area contributed by atoms with Gasteiger partial charge in [-0.15, -0.1) is 11.3 Å². The van der Waals surface area contributed by atoms with Crippen LogP contribution in [0.2, 0.25) is 0 Å². The van der Waals surface area contributed by atoms with E-state index < -0.39 is 12.1 Å². The summed E-state index contributed by atoms with van der Waals surface area (Å²) in [5, 5.41) is 4.68. The quantitative estimate of drug-likeness (QED) is 0.894. The Balaban J connectivity index is 1.71. The molecule has 0 aliphatic carbocycles. The Morgan fingerprint density at radius 2 is 2.17 bits per heavy atom. The van der Waals surface area contributed by atoms with E-state index in [2.05, 4.69) is 5.32 Å². The first kappa shape index (κ1) is 16.0. The highest BCUT2D eigenvalue weighted by atomic mass is 32.1. The molecule has 0 bridgehead atoms. The normalized spacial score (nSPS) is 24.7. The highest BCUT2D eigenvalue weighted by Gasteiger charge is 2.44. The molecule has 1 N–H and O–H groups in total. The number of piperazine rings is 2. The highest BCUT2D eigenvalue weighted by molar-refractivity contribution is 7.12. The van der Waals surface area contributed by atoms with Gasteiger partial charge in [-0.2, -0.15) is 0 Å². The van der Waals surface area contributed by atoms with Gasteiger partial charge in [0.25, 0.3) is 5.91 Å². The standard InChI is InChI=1S/C16H21N3O3S/c1-10(2)8-11-15(21)19-6-5-18(9-12(19)14(20)17-11)16(22)13-4-3-7-23-13/h3-4,7,10-12H,5-6,8-9H2,1-2H3,(H,17,20)/t11-,12-/m1/s1. The zero-order chi connectivity index (χ0) is 16.6. The van der Waals surface area contributed by atoms with E-state index in [1.807, 2.05) is 25.3 Å². The number of nitrogens with zero attached hydrogens (tertiary/aromatic N) is 2. The van der Waals surface area contributed by atoms with Crippen LogP contribution in [-0.2, 0) is 9.59 Å². The van der Waals surface area contributed by atoms with E-state index in [1.165, 1.54) is 11.3 Å². The zero-order valence-corrected chi connectivity index (χ0v) is 14.1. The molecule has 23 heavy (non-hydrogen) atoms. The van der Waals surface area contributed by atoms with E-state index in [0.29, 0.717) is 30.3 Å². The molecule has 2 atom stereocenters. The van der Waals surface area contributed by atoms with Crippen molar-refractivity contribution in [3.05, 3.63) is 22.4 Å². The largest absolute Gasteiger partial charge is 0.342 e. The second-order valence-electron chi connectivity index (χ2n) is 6.47. The molecule has 3 amide bonds. The molecule has 3 heterocycles. The molecule has 3 rings (SSSR count). The van der Waals surface area contributed by atoms with Gasteiger partial charge in [-0.25, -0.2) is 0 Å². The molecule has 2 fully saturated rings. The van der Waals surface area contributed by atoms with Crippen LogP contribution in [0.25, 0.3) is 0 Å². The Kier molecular flexibility index (Phi) is 4.39. The number of thiophene rings is 1. The fraction of sp³-hybridized carbons (Fsp3) is 0.562. The summed E-state index contributed by atoms with van der Waals surface area (Å²) in [7, 11) is 0. The van der Waals surface area contributed by atoms with Crippen molar-refractivity contribution in [2.24, 2.45) is 5.92 Å². The van der Waals surface area contributed by atoms with Crippen LogP contribution in [0.4, 0.5) is 0 Å². The van der Waals surface area contributed by atoms with Crippen molar-refractivity contribution >= 4 is 29.1 Å². The lowest BCUT2D eigenvalue weighted by Crippen LogP contribution is -2.69. The third-order valence-electron chi connectivity index (χ3n) is 4.31. The fourth-order valence-corrected chi connectivity index (χ4v) is 3.86. The van der Waals surface area contributed by atoms with E-state index in [4.69, 9.17) is 0 Å². The third-order valence-corrected chi connectivity index (χ3v) is 5.16. The molecule has 1 aromatic heterocycles. The molecule has 2 aliphatic heterocycles. The van der Waals surface area contributed by atoms with Crippen molar-refractivity contribution < 1.29 is 14.4 Å². The van der Waals surface area contributed by atoms with Crippen LogP contribution >= 0.6 is 11.3 Å². The minimum absolute atomic E-state index is 0.0217. The topological polar surface area (TPSA) is 69.7 Å². The van der Waals surface area contributed by atoms with E-state index in [9.17, 15) is 14.4 Å². The summed E-state index contributed by atoms with van der Waals surface area (Å²) in [6, 6.07) is 2.62. The van der Waals surface area contributed by atoms with Crippen LogP contribution in [0.1, 0.15) is 29.9 Å². The molecular weight excluding hydrogens is 314 g/mol. The number of nitrogens with one attached hydrogen (secondary N) is 1. The maximum absolute atomic E-state index is 12.6. The number of hydrogen-bond acceptors (Lipinski definition) is 4. The third kappa shape index (κ3) is 3.10. The molecular formula is C16H21N3O3S. The maximum atomic E-state index is 12.6. The summed E-state index contributed by atoms with van der Waals surface area (Å²) >= 11 is 1.39. The van der Waals surface area contributed by atoms with E-state index >= 15 is 0 Å². The van der Waals surface area contributed by atoms with Crippen molar-refractivity contribution in [2.45, 2.75) is 32.4 Å². The lowest BCUT2D eigenvalue weighted by molar-refractivity contribution is -0.152. The molecule has 124 valence electrons. The summed E-state index contributed by atoms with van der Waals surface area (Å²) in [6.07, 6.45) is 0.644. The van der Waals surface area contributed by atoms with Gasteiger partial charge in [0.05, 0.1) is 11.4 Å². The van der Waals surface area contributed by atoms with E-state index in [-0.39, 0.29) is 24.3 Å². The molecule has 0 radical (unpaired) electrons. The monoisotopic (exact) mass is 335 g/mol. The van der Waals surface area contributed by atoms with Crippen molar-refractivity contribution in [2.75, 3.05) is 19.6 Å². The van der Waals surface area contributed by atoms with Crippen LogP contribution in [0.5, 0.6) is 0 Å². The molecule has 0 aromatic carbocycles. The van der Waals surface area contributed by atoms with Crippen molar-refractivity contribution in [1.29, 1.82) is 0 Å². The van der Waals surface area contributed by atoms with Crippen molar-refractivity contribution in [3.63, 3.8) is 0 Å². The van der Waals surface area contributed by atoms with Gasteiger partial charge in [-0.05, 0) is 23.8 Å². The van der Waals surface area contributed by atoms with Gasteiger partial charge < -0.3 is 15.1 Å². The molecule has 0 saturated carbocycles. The summed E-state index contributed by atoms with van der Waals surface area (Å²) in [5.41, 5.74) is 0. The minimum atomic E-state index is -0.566. The van der Waals surface area contributed by atoms with Gasteiger partial charge >= 0.3 is 0 Å². The Labute approximate surface area is 139 Å². The number of amides is 3. The van der Waals surface area contributed by atoms with Crippen LogP contribution < -0.4 is 5.32 Å². The fourth-order valence-electron chi connectivity index (χ4n) is 3.17. The Morgan fingerprint density at radius 1 is 1.39 bits per heavy atom. The van der Waals surface area contributed by atoms with Gasteiger partial charge in [-0.1, -0.05) is 19.9 Å². The smallest absolute Gasteiger partial charge is 0.264 e. The molecule has 0 unspecified atom stereocenters. The van der Waals surface area contributed by atoms with Crippen molar-refractivity contribution in [1.82, 2.24) is 15.1 Å². The zero-order valence-electron chi connectivity index (χ0n) is 13.3. The van der Waals surface area contributed by atoms with Crippen molar-refractivity contribution in [3.8, 4) is 0 Å². The number of hydrogen-bond donors (Lipinski definition) is 1. The number of fused-ring (bicyclic) bond motifs is 1. The van der Waals surface area contributed by atoms with Gasteiger partial charge in [-0.3, -0.25) is 14.4 Å². The predicted octanol–water partition coefficient (Wildman–Crippen LogP) is 0.946. The summed E-state index contributed by atoms with van der Waals surface area (Å²) in [6.45, 7) is 5.22. The molecule has 2 aliphatic rings. The summed E-state index contributed by atoms with van der Waals surface area (Å²) in [4.78, 5) is 41.3. The van der Waals surface area contributed by atoms with Gasteiger partial charge in [0, 0.05) is 13.1 Å². The highest BCUT2D eigenvalue weighted by Crippen LogP contribution is 2.21. The average Bonchev–Trinajstić information content (AvgIpc) is 3.05. The second-order valence-corrected chi connectivity index (χ2v) is 7.41. The van der Waals surface area contributed by atoms with Crippen LogP contribution in [-0.4, -0.2) is 59.2 Å². The SMILES string of the molecule is CC(C)C[C@H]1NC(=O)[C@H]2CN(C(=O)c3cccs3)CCN2C1=O. The number of carbonyl (C=O) groups is 3. The predicted molar refractivity (Wildman–Crippen MR) is 87.1 cm³/mol. The second kappa shape index (κ2) is 6.31. The maximum Gasteiger partial charge on any atom is 0.264 e. The first-order chi connectivity index (χ1) is 11.0. The lowest BCUT2D eigenvalue weighted by atomic mass is 9.97. The lowest BCUT2D eigenvalue weighted by Gasteiger charge is -2.45. The first-order valence-corrected chi connectivity index (χ1v) is 8.79. The average molecular weight is 335 g/mol. The molecule has 7 heteroatoms. The minimum Gasteiger partial charge on any atom is -0.342 e. The molecule has 6 nitrogen and oxygen atoms in total. The molecule has 2 saturated heterocycles. The van der Waals surface area contributed by atoms with Gasteiger partial charge in [0.1, 0.15) is 12.1 Å². The molecule has 1 aromatic rings. The Morgan fingerprint density at radius 3 is 2.83 bits per heavy atom. The van der Waals surface area contributed by atoms with Gasteiger partial charge in [0.2, 0.25) is 11.8 Å². The molecule has 0 spiro atoms. The van der Waals surface area contributed by atoms with E-state index in [0.717, 1.165) is 0 Å². The van der Waals surface area contributed by atoms with E-state index in [1.54, 1.807) is 15.9 Å². The number of rotatable bonds is 3. The van der Waals surface area contributed by atoms with Crippen LogP contribution in [0, 0.1) is 5.92 Å².